The lowest BCUT2D eigenvalue weighted by atomic mass is 10.2. The molecule has 3 heterocycles. The Bertz CT molecular complexity index is 889. The minimum absolute atomic E-state index is 0.00385. The first-order valence-corrected chi connectivity index (χ1v) is 9.62. The van der Waals surface area contributed by atoms with Gasteiger partial charge in [0.2, 0.25) is 0 Å². The standard InChI is InChI=1S/C19H17ClN4OS/c20-15-3-1-14(2-4-15)18-22-17(13-26-18)19(25)24-11-9-23(10-12-24)16-5-7-21-8-6-16/h1-8,13H,9-12H2. The maximum absolute atomic E-state index is 12.8. The molecule has 2 aromatic heterocycles. The van der Waals surface area contributed by atoms with Crippen LogP contribution in [-0.4, -0.2) is 47.0 Å². The number of thiazole rings is 1. The van der Waals surface area contributed by atoms with Crippen molar-refractivity contribution >= 4 is 34.5 Å². The summed E-state index contributed by atoms with van der Waals surface area (Å²) >= 11 is 7.41. The van der Waals surface area contributed by atoms with Gasteiger partial charge in [-0.05, 0) is 24.3 Å². The fourth-order valence-corrected chi connectivity index (χ4v) is 3.91. The molecule has 0 bridgehead atoms. The van der Waals surface area contributed by atoms with Gasteiger partial charge in [-0.15, -0.1) is 11.3 Å². The Hall–Kier alpha value is -2.44. The molecule has 1 saturated heterocycles. The predicted octanol–water partition coefficient (Wildman–Crippen LogP) is 3.82. The number of halogens is 1. The smallest absolute Gasteiger partial charge is 0.273 e. The van der Waals surface area contributed by atoms with Crippen LogP contribution < -0.4 is 4.90 Å². The first-order chi connectivity index (χ1) is 12.7. The molecule has 5 nitrogen and oxygen atoms in total. The van der Waals surface area contributed by atoms with Crippen LogP contribution in [-0.2, 0) is 0 Å². The summed E-state index contributed by atoms with van der Waals surface area (Å²) in [6.07, 6.45) is 3.58. The molecule has 1 aliphatic heterocycles. The molecule has 132 valence electrons. The molecule has 7 heteroatoms. The van der Waals surface area contributed by atoms with Crippen molar-refractivity contribution in [2.45, 2.75) is 0 Å². The van der Waals surface area contributed by atoms with Crippen LogP contribution >= 0.6 is 22.9 Å². The highest BCUT2D eigenvalue weighted by Gasteiger charge is 2.24. The highest BCUT2D eigenvalue weighted by molar-refractivity contribution is 7.13. The number of rotatable bonds is 3. The number of benzene rings is 1. The van der Waals surface area contributed by atoms with Crippen LogP contribution in [0.15, 0.2) is 54.2 Å². The zero-order valence-corrected chi connectivity index (χ0v) is 15.6. The molecule has 3 aromatic rings. The van der Waals surface area contributed by atoms with E-state index in [0.29, 0.717) is 23.8 Å². The Balaban J connectivity index is 1.42. The maximum Gasteiger partial charge on any atom is 0.273 e. The van der Waals surface area contributed by atoms with Gasteiger partial charge < -0.3 is 9.80 Å². The van der Waals surface area contributed by atoms with Crippen molar-refractivity contribution in [2.24, 2.45) is 0 Å². The molecular weight excluding hydrogens is 368 g/mol. The van der Waals surface area contributed by atoms with Crippen LogP contribution in [0.1, 0.15) is 10.5 Å². The molecule has 4 rings (SSSR count). The number of pyridine rings is 1. The lowest BCUT2D eigenvalue weighted by Crippen LogP contribution is -2.48. The van der Waals surface area contributed by atoms with E-state index in [1.807, 2.05) is 46.7 Å². The van der Waals surface area contributed by atoms with E-state index in [2.05, 4.69) is 14.9 Å². The number of carbonyl (C=O) groups excluding carboxylic acids is 1. The molecular formula is C19H17ClN4OS. The summed E-state index contributed by atoms with van der Waals surface area (Å²) in [5.74, 6) is -0.00385. The van der Waals surface area contributed by atoms with Crippen molar-refractivity contribution in [3.05, 3.63) is 64.9 Å². The van der Waals surface area contributed by atoms with Gasteiger partial charge in [0, 0.05) is 60.2 Å². The lowest BCUT2D eigenvalue weighted by molar-refractivity contribution is 0.0742. The van der Waals surface area contributed by atoms with E-state index in [9.17, 15) is 4.79 Å². The Morgan fingerprint density at radius 2 is 1.69 bits per heavy atom. The van der Waals surface area contributed by atoms with Crippen LogP contribution in [0.25, 0.3) is 10.6 Å². The summed E-state index contributed by atoms with van der Waals surface area (Å²) < 4.78 is 0. The molecule has 1 aromatic carbocycles. The quantitative estimate of drug-likeness (QED) is 0.688. The molecule has 0 atom stereocenters. The first kappa shape index (κ1) is 17.0. The zero-order chi connectivity index (χ0) is 17.9. The van der Waals surface area contributed by atoms with E-state index in [-0.39, 0.29) is 5.91 Å². The second-order valence-electron chi connectivity index (χ2n) is 6.03. The van der Waals surface area contributed by atoms with E-state index in [1.54, 1.807) is 12.4 Å². The van der Waals surface area contributed by atoms with E-state index < -0.39 is 0 Å². The number of amides is 1. The van der Waals surface area contributed by atoms with Gasteiger partial charge in [-0.1, -0.05) is 23.7 Å². The molecule has 0 radical (unpaired) electrons. The monoisotopic (exact) mass is 384 g/mol. The number of aromatic nitrogens is 2. The summed E-state index contributed by atoms with van der Waals surface area (Å²) in [6.45, 7) is 3.00. The Morgan fingerprint density at radius 1 is 1.00 bits per heavy atom. The number of hydrogen-bond acceptors (Lipinski definition) is 5. The van der Waals surface area contributed by atoms with Crippen molar-refractivity contribution in [3.8, 4) is 10.6 Å². The Labute approximate surface area is 160 Å². The third-order valence-corrected chi connectivity index (χ3v) is 5.55. The average Bonchev–Trinajstić information content (AvgIpc) is 3.19. The van der Waals surface area contributed by atoms with Crippen molar-refractivity contribution in [1.82, 2.24) is 14.9 Å². The minimum atomic E-state index is -0.00385. The lowest BCUT2D eigenvalue weighted by Gasteiger charge is -2.35. The summed E-state index contributed by atoms with van der Waals surface area (Å²) in [4.78, 5) is 25.5. The van der Waals surface area contributed by atoms with E-state index >= 15 is 0 Å². The maximum atomic E-state index is 12.8. The summed E-state index contributed by atoms with van der Waals surface area (Å²) in [7, 11) is 0. The van der Waals surface area contributed by atoms with E-state index in [4.69, 9.17) is 11.6 Å². The summed E-state index contributed by atoms with van der Waals surface area (Å²) in [5.41, 5.74) is 2.63. The Morgan fingerprint density at radius 3 is 2.38 bits per heavy atom. The molecule has 0 unspecified atom stereocenters. The number of piperazine rings is 1. The molecule has 1 amide bonds. The second-order valence-corrected chi connectivity index (χ2v) is 7.32. The molecule has 26 heavy (non-hydrogen) atoms. The van der Waals surface area contributed by atoms with Gasteiger partial charge in [0.05, 0.1) is 0 Å². The third kappa shape index (κ3) is 3.57. The number of anilines is 1. The van der Waals surface area contributed by atoms with Gasteiger partial charge in [-0.3, -0.25) is 9.78 Å². The summed E-state index contributed by atoms with van der Waals surface area (Å²) in [5, 5.41) is 3.36. The topological polar surface area (TPSA) is 49.3 Å². The van der Waals surface area contributed by atoms with Crippen molar-refractivity contribution in [2.75, 3.05) is 31.1 Å². The molecule has 0 spiro atoms. The van der Waals surface area contributed by atoms with Gasteiger partial charge in [-0.25, -0.2) is 4.98 Å². The Kier molecular flexibility index (Phi) is 4.86. The molecule has 0 N–H and O–H groups in total. The van der Waals surface area contributed by atoms with Crippen LogP contribution in [0, 0.1) is 0 Å². The van der Waals surface area contributed by atoms with Gasteiger partial charge in [0.1, 0.15) is 10.7 Å². The summed E-state index contributed by atoms with van der Waals surface area (Å²) in [6, 6.07) is 11.5. The van der Waals surface area contributed by atoms with Gasteiger partial charge >= 0.3 is 0 Å². The number of hydrogen-bond donors (Lipinski definition) is 0. The number of carbonyl (C=O) groups is 1. The minimum Gasteiger partial charge on any atom is -0.368 e. The number of nitrogens with zero attached hydrogens (tertiary/aromatic N) is 4. The van der Waals surface area contributed by atoms with Gasteiger partial charge in [0.25, 0.3) is 5.91 Å². The SMILES string of the molecule is O=C(c1csc(-c2ccc(Cl)cc2)n1)N1CCN(c2ccncc2)CC1. The van der Waals surface area contributed by atoms with E-state index in [0.717, 1.165) is 29.3 Å². The van der Waals surface area contributed by atoms with E-state index in [1.165, 1.54) is 11.3 Å². The highest BCUT2D eigenvalue weighted by atomic mass is 35.5. The van der Waals surface area contributed by atoms with Crippen molar-refractivity contribution in [1.29, 1.82) is 0 Å². The van der Waals surface area contributed by atoms with Crippen LogP contribution in [0.5, 0.6) is 0 Å². The van der Waals surface area contributed by atoms with Crippen LogP contribution in [0.3, 0.4) is 0 Å². The van der Waals surface area contributed by atoms with Gasteiger partial charge in [0.15, 0.2) is 0 Å². The zero-order valence-electron chi connectivity index (χ0n) is 14.0. The van der Waals surface area contributed by atoms with Gasteiger partial charge in [-0.2, -0.15) is 0 Å². The third-order valence-electron chi connectivity index (χ3n) is 4.41. The van der Waals surface area contributed by atoms with Crippen molar-refractivity contribution in [3.63, 3.8) is 0 Å². The average molecular weight is 385 g/mol. The fourth-order valence-electron chi connectivity index (χ4n) is 2.98. The molecule has 1 fully saturated rings. The second kappa shape index (κ2) is 7.43. The fraction of sp³-hybridized carbons (Fsp3) is 0.211. The molecule has 1 aliphatic rings. The highest BCUT2D eigenvalue weighted by Crippen LogP contribution is 2.26. The largest absolute Gasteiger partial charge is 0.368 e. The first-order valence-electron chi connectivity index (χ1n) is 8.36. The van der Waals surface area contributed by atoms with Crippen LogP contribution in [0.2, 0.25) is 5.02 Å². The molecule has 0 aliphatic carbocycles. The normalized spacial score (nSPS) is 14.5. The molecule has 0 saturated carbocycles. The van der Waals surface area contributed by atoms with Crippen molar-refractivity contribution < 1.29 is 4.79 Å². The van der Waals surface area contributed by atoms with Crippen LogP contribution in [0.4, 0.5) is 5.69 Å². The predicted molar refractivity (Wildman–Crippen MR) is 105 cm³/mol.